The number of hydrogen-bond acceptors (Lipinski definition) is 4. The van der Waals surface area contributed by atoms with Crippen molar-refractivity contribution in [3.63, 3.8) is 0 Å². The Balaban J connectivity index is 1.61. The fourth-order valence-corrected chi connectivity index (χ4v) is 3.98. The third-order valence-corrected chi connectivity index (χ3v) is 5.43. The van der Waals surface area contributed by atoms with Crippen LogP contribution in [0, 0.1) is 17.7 Å². The van der Waals surface area contributed by atoms with Crippen molar-refractivity contribution in [3.05, 3.63) is 57.9 Å². The van der Waals surface area contributed by atoms with Crippen LogP contribution in [0.2, 0.25) is 0 Å². The molecule has 3 aromatic rings. The lowest BCUT2D eigenvalue weighted by molar-refractivity contribution is 0.141. The van der Waals surface area contributed by atoms with Crippen LogP contribution in [0.25, 0.3) is 10.9 Å². The summed E-state index contributed by atoms with van der Waals surface area (Å²) in [5.41, 5.74) is -0.776. The molecule has 3 atom stereocenters. The lowest BCUT2D eigenvalue weighted by Gasteiger charge is -2.08. The first-order valence-electron chi connectivity index (χ1n) is 8.64. The van der Waals surface area contributed by atoms with Crippen LogP contribution in [-0.2, 0) is 11.3 Å². The van der Waals surface area contributed by atoms with Gasteiger partial charge in [0.05, 0.1) is 37.4 Å². The van der Waals surface area contributed by atoms with Gasteiger partial charge in [0.1, 0.15) is 11.5 Å². The maximum atomic E-state index is 13.9. The van der Waals surface area contributed by atoms with Gasteiger partial charge in [0.25, 0.3) is 12.0 Å². The molecule has 1 saturated carbocycles. The van der Waals surface area contributed by atoms with Crippen LogP contribution in [0.15, 0.2) is 35.3 Å². The van der Waals surface area contributed by atoms with E-state index in [9.17, 15) is 18.0 Å². The molecule has 140 valence electrons. The van der Waals surface area contributed by atoms with Gasteiger partial charge in [-0.25, -0.2) is 17.9 Å². The van der Waals surface area contributed by atoms with Crippen molar-refractivity contribution in [3.8, 4) is 0 Å². The van der Waals surface area contributed by atoms with Gasteiger partial charge in [-0.2, -0.15) is 10.2 Å². The molecule has 6 nitrogen and oxygen atoms in total. The fourth-order valence-electron chi connectivity index (χ4n) is 3.98. The predicted octanol–water partition coefficient (Wildman–Crippen LogP) is 2.54. The highest BCUT2D eigenvalue weighted by molar-refractivity contribution is 5.80. The lowest BCUT2D eigenvalue weighted by atomic mass is 10.2. The summed E-state index contributed by atoms with van der Waals surface area (Å²) < 4.78 is 48.9. The molecule has 0 unspecified atom stereocenters. The first kappa shape index (κ1) is 16.5. The van der Waals surface area contributed by atoms with E-state index in [0.29, 0.717) is 13.2 Å². The van der Waals surface area contributed by atoms with Crippen LogP contribution in [0.4, 0.5) is 13.2 Å². The van der Waals surface area contributed by atoms with Gasteiger partial charge in [0, 0.05) is 17.4 Å². The van der Waals surface area contributed by atoms with Gasteiger partial charge < -0.3 is 4.74 Å². The number of hydrogen-bond donors (Lipinski definition) is 0. The Hall–Kier alpha value is -2.68. The Morgan fingerprint density at radius 1 is 1.22 bits per heavy atom. The Kier molecular flexibility index (Phi) is 3.61. The molecule has 0 N–H and O–H groups in total. The molecule has 0 radical (unpaired) electrons. The average molecular weight is 376 g/mol. The van der Waals surface area contributed by atoms with E-state index in [1.165, 1.54) is 29.1 Å². The van der Waals surface area contributed by atoms with Crippen molar-refractivity contribution in [1.29, 1.82) is 0 Å². The van der Waals surface area contributed by atoms with E-state index in [2.05, 4.69) is 10.2 Å². The van der Waals surface area contributed by atoms with E-state index in [1.54, 1.807) is 6.07 Å². The number of rotatable bonds is 4. The number of halogens is 3. The second-order valence-corrected chi connectivity index (χ2v) is 6.95. The van der Waals surface area contributed by atoms with E-state index in [0.717, 1.165) is 4.68 Å². The molecular formula is C18H15F3N4O2. The SMILES string of the molecule is O=c1c2nn(Cc3ccccc3F)c(C(F)F)c2cnn1[C@@H]1[C@@H]2COC[C@@H]21. The lowest BCUT2D eigenvalue weighted by Crippen LogP contribution is -2.24. The predicted molar refractivity (Wildman–Crippen MR) is 89.1 cm³/mol. The Morgan fingerprint density at radius 3 is 2.67 bits per heavy atom. The monoisotopic (exact) mass is 376 g/mol. The maximum Gasteiger partial charge on any atom is 0.295 e. The van der Waals surface area contributed by atoms with Crippen LogP contribution in [0.5, 0.6) is 0 Å². The highest BCUT2D eigenvalue weighted by atomic mass is 19.3. The fraction of sp³-hybridized carbons (Fsp3) is 0.389. The third-order valence-electron chi connectivity index (χ3n) is 5.43. The maximum absolute atomic E-state index is 13.9. The Morgan fingerprint density at radius 2 is 1.96 bits per heavy atom. The molecule has 27 heavy (non-hydrogen) atoms. The van der Waals surface area contributed by atoms with Crippen molar-refractivity contribution in [2.75, 3.05) is 13.2 Å². The smallest absolute Gasteiger partial charge is 0.295 e. The van der Waals surface area contributed by atoms with Gasteiger partial charge in [-0.1, -0.05) is 18.2 Å². The second-order valence-electron chi connectivity index (χ2n) is 6.95. The Labute approximate surface area is 151 Å². The van der Waals surface area contributed by atoms with E-state index < -0.39 is 23.5 Å². The summed E-state index contributed by atoms with van der Waals surface area (Å²) in [5, 5.41) is 8.22. The molecule has 3 heterocycles. The van der Waals surface area contributed by atoms with Crippen molar-refractivity contribution in [2.24, 2.45) is 11.8 Å². The van der Waals surface area contributed by atoms with E-state index >= 15 is 0 Å². The van der Waals surface area contributed by atoms with E-state index in [-0.39, 0.29) is 40.9 Å². The average Bonchev–Trinajstić information content (AvgIpc) is 2.98. The van der Waals surface area contributed by atoms with E-state index in [4.69, 9.17) is 4.74 Å². The van der Waals surface area contributed by atoms with Crippen LogP contribution >= 0.6 is 0 Å². The molecule has 0 spiro atoms. The zero-order valence-electron chi connectivity index (χ0n) is 14.1. The summed E-state index contributed by atoms with van der Waals surface area (Å²) in [6.45, 7) is 0.958. The summed E-state index contributed by atoms with van der Waals surface area (Å²) in [4.78, 5) is 12.8. The number of benzene rings is 1. The minimum Gasteiger partial charge on any atom is -0.381 e. The summed E-state index contributed by atoms with van der Waals surface area (Å²) in [6.07, 6.45) is -1.61. The van der Waals surface area contributed by atoms with Gasteiger partial charge >= 0.3 is 0 Å². The number of alkyl halides is 2. The molecule has 9 heteroatoms. The molecule has 1 aromatic carbocycles. The highest BCUT2D eigenvalue weighted by Crippen LogP contribution is 2.53. The third kappa shape index (κ3) is 2.48. The van der Waals surface area contributed by atoms with Crippen LogP contribution in [-0.4, -0.2) is 32.8 Å². The summed E-state index contributed by atoms with van der Waals surface area (Å²) in [5.74, 6) is -0.0379. The zero-order valence-corrected chi connectivity index (χ0v) is 14.1. The molecule has 5 rings (SSSR count). The molecule has 2 fully saturated rings. The van der Waals surface area contributed by atoms with Gasteiger partial charge in [0.2, 0.25) is 0 Å². The molecule has 2 aliphatic rings. The quantitative estimate of drug-likeness (QED) is 0.702. The molecule has 0 bridgehead atoms. The standard InChI is InChI=1S/C18H15F3N4O2/c19-13-4-2-1-3-9(13)6-24-16(17(20)21)10-5-22-25(18(26)14(10)23-24)15-11-7-27-8-12(11)15/h1-5,11-12,15,17H,6-8H2/t11-,12+,15-. The molecular weight excluding hydrogens is 361 g/mol. The number of aromatic nitrogens is 4. The highest BCUT2D eigenvalue weighted by Gasteiger charge is 2.56. The van der Waals surface area contributed by atoms with Crippen molar-refractivity contribution >= 4 is 10.9 Å². The van der Waals surface area contributed by atoms with Gasteiger partial charge in [-0.05, 0) is 6.07 Å². The van der Waals surface area contributed by atoms with Crippen molar-refractivity contribution < 1.29 is 17.9 Å². The van der Waals surface area contributed by atoms with Crippen LogP contribution in [0.3, 0.4) is 0 Å². The summed E-state index contributed by atoms with van der Waals surface area (Å²) >= 11 is 0. The van der Waals surface area contributed by atoms with E-state index in [1.807, 2.05) is 0 Å². The minimum absolute atomic E-state index is 0.00430. The molecule has 1 aliphatic carbocycles. The summed E-state index contributed by atoms with van der Waals surface area (Å²) in [7, 11) is 0. The minimum atomic E-state index is -2.87. The van der Waals surface area contributed by atoms with Crippen LogP contribution < -0.4 is 5.56 Å². The molecule has 0 amide bonds. The number of nitrogens with zero attached hydrogens (tertiary/aromatic N) is 4. The number of fused-ring (bicyclic) bond motifs is 2. The summed E-state index contributed by atoms with van der Waals surface area (Å²) in [6, 6.07) is 5.82. The second kappa shape index (κ2) is 5.91. The first-order valence-corrected chi connectivity index (χ1v) is 8.64. The molecule has 1 aliphatic heterocycles. The normalized spacial score (nSPS) is 23.9. The topological polar surface area (TPSA) is 61.9 Å². The molecule has 2 aromatic heterocycles. The zero-order chi connectivity index (χ0) is 18.7. The van der Waals surface area contributed by atoms with Crippen molar-refractivity contribution in [2.45, 2.75) is 19.0 Å². The van der Waals surface area contributed by atoms with Gasteiger partial charge in [0.15, 0.2) is 5.52 Å². The largest absolute Gasteiger partial charge is 0.381 e. The van der Waals surface area contributed by atoms with Gasteiger partial charge in [-0.3, -0.25) is 9.48 Å². The number of ether oxygens (including phenoxy) is 1. The van der Waals surface area contributed by atoms with Gasteiger partial charge in [-0.15, -0.1) is 0 Å². The van der Waals surface area contributed by atoms with Crippen molar-refractivity contribution in [1.82, 2.24) is 19.6 Å². The molecule has 1 saturated heterocycles. The first-order chi connectivity index (χ1) is 13.1. The Bertz CT molecular complexity index is 1080. The van der Waals surface area contributed by atoms with Crippen LogP contribution in [0.1, 0.15) is 23.7 Å².